The zero-order valence-electron chi connectivity index (χ0n) is 6.45. The molecule has 0 spiro atoms. The van der Waals surface area contributed by atoms with E-state index in [1.54, 1.807) is 0 Å². The Balaban J connectivity index is 2.37. The first-order chi connectivity index (χ1) is 5.24. The molecule has 0 aromatic rings. The third-order valence-corrected chi connectivity index (χ3v) is 1.67. The van der Waals surface area contributed by atoms with Gasteiger partial charge in [0.25, 0.3) is 0 Å². The Hall–Kier alpha value is -0.610. The second-order valence-electron chi connectivity index (χ2n) is 2.58. The molecular weight excluding hydrogens is 148 g/mol. The van der Waals surface area contributed by atoms with Gasteiger partial charge in [0.2, 0.25) is 6.29 Å². The Kier molecular flexibility index (Phi) is 2.84. The van der Waals surface area contributed by atoms with Crippen LogP contribution in [0, 0.1) is 5.92 Å². The maximum atomic E-state index is 10.5. The van der Waals surface area contributed by atoms with E-state index in [2.05, 4.69) is 0 Å². The molecule has 1 aliphatic heterocycles. The van der Waals surface area contributed by atoms with Crippen LogP contribution in [-0.2, 0) is 14.3 Å². The normalized spacial score (nSPS) is 30.4. The van der Waals surface area contributed by atoms with Crippen LogP contribution in [0.2, 0.25) is 0 Å². The molecule has 11 heavy (non-hydrogen) atoms. The van der Waals surface area contributed by atoms with Gasteiger partial charge >= 0.3 is 5.97 Å². The molecule has 0 bridgehead atoms. The van der Waals surface area contributed by atoms with Crippen molar-refractivity contribution in [3.63, 3.8) is 0 Å². The monoisotopic (exact) mass is 160 g/mol. The van der Waals surface area contributed by atoms with E-state index < -0.39 is 6.29 Å². The molecule has 4 heteroatoms. The minimum absolute atomic E-state index is 0.0119. The second kappa shape index (κ2) is 3.69. The van der Waals surface area contributed by atoms with Crippen molar-refractivity contribution < 1.29 is 19.4 Å². The lowest BCUT2D eigenvalue weighted by Gasteiger charge is -2.15. The fourth-order valence-corrected chi connectivity index (χ4v) is 1.08. The van der Waals surface area contributed by atoms with Crippen LogP contribution in [0.15, 0.2) is 0 Å². The molecule has 0 aliphatic carbocycles. The highest BCUT2D eigenvalue weighted by Gasteiger charge is 2.29. The molecule has 4 nitrogen and oxygen atoms in total. The summed E-state index contributed by atoms with van der Waals surface area (Å²) in [6.45, 7) is 1.90. The fraction of sp³-hybridized carbons (Fsp3) is 0.857. The lowest BCUT2D eigenvalue weighted by molar-refractivity contribution is -0.174. The largest absolute Gasteiger partial charge is 0.436 e. The van der Waals surface area contributed by atoms with Gasteiger partial charge in [-0.1, -0.05) is 0 Å². The maximum Gasteiger partial charge on any atom is 0.304 e. The lowest BCUT2D eigenvalue weighted by atomic mass is 10.1. The summed E-state index contributed by atoms with van der Waals surface area (Å²) < 4.78 is 9.86. The molecular formula is C7H12O4. The van der Waals surface area contributed by atoms with Crippen molar-refractivity contribution >= 4 is 5.97 Å². The summed E-state index contributed by atoms with van der Waals surface area (Å²) in [5.41, 5.74) is 0. The first-order valence-corrected chi connectivity index (χ1v) is 3.63. The molecule has 1 aliphatic rings. The summed E-state index contributed by atoms with van der Waals surface area (Å²) >= 11 is 0. The van der Waals surface area contributed by atoms with E-state index in [9.17, 15) is 4.79 Å². The third kappa shape index (κ3) is 2.17. The summed E-state index contributed by atoms with van der Waals surface area (Å²) in [6, 6.07) is 0. The Morgan fingerprint density at radius 2 is 2.55 bits per heavy atom. The molecule has 0 aromatic carbocycles. The van der Waals surface area contributed by atoms with E-state index in [0.717, 1.165) is 6.42 Å². The average Bonchev–Trinajstić information content (AvgIpc) is 2.34. The van der Waals surface area contributed by atoms with Crippen molar-refractivity contribution in [1.82, 2.24) is 0 Å². The summed E-state index contributed by atoms with van der Waals surface area (Å²) in [5.74, 6) is -0.408. The number of hydrogen-bond acceptors (Lipinski definition) is 4. The van der Waals surface area contributed by atoms with Crippen LogP contribution in [0.4, 0.5) is 0 Å². The number of carbonyl (C=O) groups excluding carboxylic acids is 1. The van der Waals surface area contributed by atoms with Gasteiger partial charge in [0.1, 0.15) is 0 Å². The number of ether oxygens (including phenoxy) is 2. The Labute approximate surface area is 65.1 Å². The van der Waals surface area contributed by atoms with Gasteiger partial charge in [-0.05, 0) is 6.42 Å². The van der Waals surface area contributed by atoms with Crippen LogP contribution in [0.25, 0.3) is 0 Å². The van der Waals surface area contributed by atoms with E-state index in [1.165, 1.54) is 6.92 Å². The van der Waals surface area contributed by atoms with Gasteiger partial charge in [0, 0.05) is 12.8 Å². The van der Waals surface area contributed by atoms with Gasteiger partial charge in [-0.3, -0.25) is 4.79 Å². The zero-order valence-corrected chi connectivity index (χ0v) is 6.45. The first kappa shape index (κ1) is 8.49. The SMILES string of the molecule is CC(=O)OC1OCCC1CO. The minimum atomic E-state index is -0.530. The van der Waals surface area contributed by atoms with E-state index in [1.807, 2.05) is 0 Å². The van der Waals surface area contributed by atoms with Crippen LogP contribution in [0.5, 0.6) is 0 Å². The highest BCUT2D eigenvalue weighted by Crippen LogP contribution is 2.20. The average molecular weight is 160 g/mol. The van der Waals surface area contributed by atoms with Crippen LogP contribution >= 0.6 is 0 Å². The molecule has 2 atom stereocenters. The highest BCUT2D eigenvalue weighted by molar-refractivity contribution is 5.66. The summed E-state index contributed by atoms with van der Waals surface area (Å²) in [6.07, 6.45) is 0.228. The van der Waals surface area contributed by atoms with Gasteiger partial charge in [-0.2, -0.15) is 0 Å². The highest BCUT2D eigenvalue weighted by atomic mass is 16.7. The lowest BCUT2D eigenvalue weighted by Crippen LogP contribution is -2.24. The van der Waals surface area contributed by atoms with Gasteiger partial charge in [0.05, 0.1) is 13.2 Å². The number of rotatable bonds is 2. The molecule has 1 N–H and O–H groups in total. The van der Waals surface area contributed by atoms with E-state index in [4.69, 9.17) is 14.6 Å². The Morgan fingerprint density at radius 1 is 1.82 bits per heavy atom. The van der Waals surface area contributed by atoms with Crippen molar-refractivity contribution in [2.45, 2.75) is 19.6 Å². The van der Waals surface area contributed by atoms with Crippen molar-refractivity contribution in [3.8, 4) is 0 Å². The van der Waals surface area contributed by atoms with Gasteiger partial charge in [-0.25, -0.2) is 0 Å². The fourth-order valence-electron chi connectivity index (χ4n) is 1.08. The molecule has 0 amide bonds. The Bertz CT molecular complexity index is 145. The second-order valence-corrected chi connectivity index (χ2v) is 2.58. The van der Waals surface area contributed by atoms with E-state index in [-0.39, 0.29) is 18.5 Å². The maximum absolute atomic E-state index is 10.5. The summed E-state index contributed by atoms with van der Waals surface area (Å²) in [4.78, 5) is 10.5. The molecule has 1 fully saturated rings. The topological polar surface area (TPSA) is 55.8 Å². The van der Waals surface area contributed by atoms with Crippen LogP contribution in [-0.4, -0.2) is 30.6 Å². The van der Waals surface area contributed by atoms with Crippen LogP contribution < -0.4 is 0 Å². The van der Waals surface area contributed by atoms with Gasteiger partial charge in [-0.15, -0.1) is 0 Å². The molecule has 0 aromatic heterocycles. The van der Waals surface area contributed by atoms with E-state index >= 15 is 0 Å². The summed E-state index contributed by atoms with van der Waals surface area (Å²) in [7, 11) is 0. The van der Waals surface area contributed by atoms with Crippen molar-refractivity contribution in [2.75, 3.05) is 13.2 Å². The predicted molar refractivity (Wildman–Crippen MR) is 36.7 cm³/mol. The number of hydrogen-bond donors (Lipinski definition) is 1. The number of esters is 1. The van der Waals surface area contributed by atoms with Crippen LogP contribution in [0.3, 0.4) is 0 Å². The van der Waals surface area contributed by atoms with E-state index in [0.29, 0.717) is 6.61 Å². The molecule has 64 valence electrons. The van der Waals surface area contributed by atoms with Crippen molar-refractivity contribution in [1.29, 1.82) is 0 Å². The first-order valence-electron chi connectivity index (χ1n) is 3.63. The number of aliphatic hydroxyl groups excluding tert-OH is 1. The minimum Gasteiger partial charge on any atom is -0.436 e. The number of carbonyl (C=O) groups is 1. The summed E-state index contributed by atoms with van der Waals surface area (Å²) in [5, 5.41) is 8.78. The smallest absolute Gasteiger partial charge is 0.304 e. The molecule has 0 saturated carbocycles. The molecule has 2 unspecified atom stereocenters. The van der Waals surface area contributed by atoms with Crippen molar-refractivity contribution in [2.24, 2.45) is 5.92 Å². The quantitative estimate of drug-likeness (QED) is 0.573. The molecule has 1 saturated heterocycles. The van der Waals surface area contributed by atoms with Gasteiger partial charge in [0.15, 0.2) is 0 Å². The molecule has 1 rings (SSSR count). The van der Waals surface area contributed by atoms with Gasteiger partial charge < -0.3 is 14.6 Å². The van der Waals surface area contributed by atoms with Crippen molar-refractivity contribution in [3.05, 3.63) is 0 Å². The van der Waals surface area contributed by atoms with Crippen LogP contribution in [0.1, 0.15) is 13.3 Å². The number of aliphatic hydroxyl groups is 1. The Morgan fingerprint density at radius 3 is 3.09 bits per heavy atom. The molecule has 0 radical (unpaired) electrons. The standard InChI is InChI=1S/C7H12O4/c1-5(9)11-7-6(4-8)2-3-10-7/h6-8H,2-4H2,1H3. The third-order valence-electron chi connectivity index (χ3n) is 1.67. The molecule has 1 heterocycles. The predicted octanol–water partition coefficient (Wildman–Crippen LogP) is -0.0956. The zero-order chi connectivity index (χ0) is 8.27.